The first-order chi connectivity index (χ1) is 12.8. The summed E-state index contributed by atoms with van der Waals surface area (Å²) in [5, 5.41) is 0. The Morgan fingerprint density at radius 1 is 0.885 bits per heavy atom. The molecule has 3 rings (SSSR count). The van der Waals surface area contributed by atoms with Gasteiger partial charge in [0.1, 0.15) is 18.1 Å². The molecule has 0 aromatic heterocycles. The number of ether oxygens (including phenoxy) is 2. The lowest BCUT2D eigenvalue weighted by Crippen LogP contribution is -1.97. The number of hydrogen-bond acceptors (Lipinski definition) is 3. The predicted octanol–water partition coefficient (Wildman–Crippen LogP) is 5.17. The van der Waals surface area contributed by atoms with Gasteiger partial charge < -0.3 is 9.47 Å². The minimum atomic E-state index is -0.0319. The molecule has 26 heavy (non-hydrogen) atoms. The average molecular weight is 344 g/mol. The van der Waals surface area contributed by atoms with Gasteiger partial charge in [-0.05, 0) is 35.9 Å². The molecule has 0 saturated carbocycles. The number of methoxy groups -OCH3 is 1. The molecule has 0 radical (unpaired) electrons. The number of carbonyl (C=O) groups is 1. The summed E-state index contributed by atoms with van der Waals surface area (Å²) >= 11 is 0. The summed E-state index contributed by atoms with van der Waals surface area (Å²) in [6.45, 7) is 0.446. The largest absolute Gasteiger partial charge is 0.497 e. The highest BCUT2D eigenvalue weighted by molar-refractivity contribution is 6.06. The van der Waals surface area contributed by atoms with Gasteiger partial charge in [-0.1, -0.05) is 60.7 Å². The Bertz CT molecular complexity index is 881. The molecule has 0 unspecified atom stereocenters. The highest BCUT2D eigenvalue weighted by Crippen LogP contribution is 2.22. The number of allylic oxidation sites excluding steroid dienone is 1. The molecule has 0 amide bonds. The lowest BCUT2D eigenvalue weighted by molar-refractivity contribution is 0.104. The number of hydrogen-bond donors (Lipinski definition) is 0. The monoisotopic (exact) mass is 344 g/mol. The van der Waals surface area contributed by atoms with Gasteiger partial charge in [-0.25, -0.2) is 0 Å². The Balaban J connectivity index is 1.69. The second-order valence-electron chi connectivity index (χ2n) is 5.74. The molecular weight excluding hydrogens is 324 g/mol. The molecule has 0 atom stereocenters. The minimum absolute atomic E-state index is 0.0319. The topological polar surface area (TPSA) is 35.5 Å². The number of ketones is 1. The summed E-state index contributed by atoms with van der Waals surface area (Å²) in [7, 11) is 1.64. The highest BCUT2D eigenvalue weighted by Gasteiger charge is 2.04. The van der Waals surface area contributed by atoms with E-state index in [1.165, 1.54) is 0 Å². The van der Waals surface area contributed by atoms with Crippen LogP contribution in [0.2, 0.25) is 0 Å². The van der Waals surface area contributed by atoms with Crippen LogP contribution in [0.1, 0.15) is 21.5 Å². The summed E-state index contributed by atoms with van der Waals surface area (Å²) in [6.07, 6.45) is 3.36. The molecule has 0 spiro atoms. The molecule has 3 aromatic rings. The zero-order chi connectivity index (χ0) is 18.2. The van der Waals surface area contributed by atoms with Crippen molar-refractivity contribution in [1.29, 1.82) is 0 Å². The molecule has 0 heterocycles. The molecule has 3 aromatic carbocycles. The van der Waals surface area contributed by atoms with E-state index in [-0.39, 0.29) is 5.78 Å². The van der Waals surface area contributed by atoms with E-state index in [0.717, 1.165) is 22.6 Å². The van der Waals surface area contributed by atoms with Gasteiger partial charge in [0, 0.05) is 11.1 Å². The molecule has 130 valence electrons. The third-order valence-electron chi connectivity index (χ3n) is 3.94. The lowest BCUT2D eigenvalue weighted by Gasteiger charge is -2.09. The van der Waals surface area contributed by atoms with Crippen LogP contribution in [0, 0.1) is 0 Å². The number of benzene rings is 3. The van der Waals surface area contributed by atoms with Crippen molar-refractivity contribution in [2.75, 3.05) is 7.11 Å². The van der Waals surface area contributed by atoms with Gasteiger partial charge >= 0.3 is 0 Å². The first-order valence-corrected chi connectivity index (χ1v) is 8.38. The first-order valence-electron chi connectivity index (χ1n) is 8.38. The van der Waals surface area contributed by atoms with Gasteiger partial charge in [-0.3, -0.25) is 4.79 Å². The van der Waals surface area contributed by atoms with Crippen molar-refractivity contribution in [3.63, 3.8) is 0 Å². The highest BCUT2D eigenvalue weighted by atomic mass is 16.5. The summed E-state index contributed by atoms with van der Waals surface area (Å²) in [5.74, 6) is 1.52. The summed E-state index contributed by atoms with van der Waals surface area (Å²) in [6, 6.07) is 24.6. The minimum Gasteiger partial charge on any atom is -0.497 e. The molecule has 0 aliphatic heterocycles. The van der Waals surface area contributed by atoms with Gasteiger partial charge in [-0.15, -0.1) is 0 Å². The molecule has 0 aliphatic carbocycles. The van der Waals surface area contributed by atoms with Crippen molar-refractivity contribution in [3.05, 3.63) is 102 Å². The van der Waals surface area contributed by atoms with Crippen molar-refractivity contribution < 1.29 is 14.3 Å². The van der Waals surface area contributed by atoms with E-state index < -0.39 is 0 Å². The Morgan fingerprint density at radius 3 is 2.31 bits per heavy atom. The first kappa shape index (κ1) is 17.5. The second-order valence-corrected chi connectivity index (χ2v) is 5.74. The van der Waals surface area contributed by atoms with Crippen LogP contribution in [-0.4, -0.2) is 12.9 Å². The maximum absolute atomic E-state index is 12.2. The fourth-order valence-electron chi connectivity index (χ4n) is 2.50. The Labute approximate surface area is 153 Å². The van der Waals surface area contributed by atoms with Crippen molar-refractivity contribution in [3.8, 4) is 11.5 Å². The smallest absolute Gasteiger partial charge is 0.185 e. The van der Waals surface area contributed by atoms with Gasteiger partial charge in [0.2, 0.25) is 0 Å². The van der Waals surface area contributed by atoms with E-state index >= 15 is 0 Å². The summed E-state index contributed by atoms with van der Waals surface area (Å²) in [5.41, 5.74) is 2.58. The summed E-state index contributed by atoms with van der Waals surface area (Å²) < 4.78 is 11.1. The quantitative estimate of drug-likeness (QED) is 0.438. The van der Waals surface area contributed by atoms with Crippen molar-refractivity contribution in [2.45, 2.75) is 6.61 Å². The van der Waals surface area contributed by atoms with Crippen molar-refractivity contribution >= 4 is 11.9 Å². The number of rotatable bonds is 7. The zero-order valence-corrected chi connectivity index (χ0v) is 14.6. The zero-order valence-electron chi connectivity index (χ0n) is 14.6. The molecule has 0 saturated heterocycles. The van der Waals surface area contributed by atoms with Crippen LogP contribution in [-0.2, 0) is 6.61 Å². The van der Waals surface area contributed by atoms with Gasteiger partial charge in [-0.2, -0.15) is 0 Å². The number of carbonyl (C=O) groups excluding carboxylic acids is 1. The molecule has 3 nitrogen and oxygen atoms in total. The molecule has 0 fully saturated rings. The molecule has 0 N–H and O–H groups in total. The van der Waals surface area contributed by atoms with Gasteiger partial charge in [0.15, 0.2) is 5.78 Å². The van der Waals surface area contributed by atoms with E-state index in [0.29, 0.717) is 12.2 Å². The third kappa shape index (κ3) is 4.61. The van der Waals surface area contributed by atoms with Gasteiger partial charge in [0.25, 0.3) is 0 Å². The molecule has 0 bridgehead atoms. The Hall–Kier alpha value is -3.33. The van der Waals surface area contributed by atoms with Crippen LogP contribution in [0.3, 0.4) is 0 Å². The maximum Gasteiger partial charge on any atom is 0.185 e. The van der Waals surface area contributed by atoms with Crippen LogP contribution in [0.25, 0.3) is 6.08 Å². The predicted molar refractivity (Wildman–Crippen MR) is 104 cm³/mol. The Morgan fingerprint density at radius 2 is 1.58 bits per heavy atom. The van der Waals surface area contributed by atoms with Crippen molar-refractivity contribution in [2.24, 2.45) is 0 Å². The van der Waals surface area contributed by atoms with E-state index in [1.807, 2.05) is 66.7 Å². The molecule has 0 aliphatic rings. The Kier molecular flexibility index (Phi) is 5.84. The third-order valence-corrected chi connectivity index (χ3v) is 3.94. The second kappa shape index (κ2) is 8.67. The SMILES string of the molecule is COc1ccc(COc2ccccc2C=CC(=O)c2ccccc2)cc1. The standard InChI is InChI=1S/C23H20O3/c1-25-21-14-11-18(12-15-21)17-26-23-10-6-5-9-20(23)13-16-22(24)19-7-3-2-4-8-19/h2-16H,17H2,1H3. The van der Waals surface area contributed by atoms with E-state index in [4.69, 9.17) is 9.47 Å². The van der Waals surface area contributed by atoms with Crippen molar-refractivity contribution in [1.82, 2.24) is 0 Å². The molecule has 3 heteroatoms. The van der Waals surface area contributed by atoms with Crippen LogP contribution < -0.4 is 9.47 Å². The van der Waals surface area contributed by atoms with Crippen LogP contribution in [0.5, 0.6) is 11.5 Å². The lowest BCUT2D eigenvalue weighted by atomic mass is 10.1. The van der Waals surface area contributed by atoms with E-state index in [9.17, 15) is 4.79 Å². The number of para-hydroxylation sites is 1. The summed E-state index contributed by atoms with van der Waals surface area (Å²) in [4.78, 5) is 12.2. The van der Waals surface area contributed by atoms with Gasteiger partial charge in [0.05, 0.1) is 7.11 Å². The fraction of sp³-hybridized carbons (Fsp3) is 0.0870. The van der Waals surface area contributed by atoms with E-state index in [2.05, 4.69) is 0 Å². The molecular formula is C23H20O3. The fourth-order valence-corrected chi connectivity index (χ4v) is 2.50. The van der Waals surface area contributed by atoms with Crippen LogP contribution in [0.15, 0.2) is 84.9 Å². The van der Waals surface area contributed by atoms with Crippen LogP contribution in [0.4, 0.5) is 0 Å². The van der Waals surface area contributed by atoms with E-state index in [1.54, 1.807) is 31.4 Å². The maximum atomic E-state index is 12.2. The normalized spacial score (nSPS) is 10.7. The average Bonchev–Trinajstić information content (AvgIpc) is 2.72. The van der Waals surface area contributed by atoms with Crippen LogP contribution >= 0.6 is 0 Å².